The maximum Gasteiger partial charge on any atom is 0.307 e. The van der Waals surface area contributed by atoms with Gasteiger partial charge in [-0.2, -0.15) is 5.10 Å². The van der Waals surface area contributed by atoms with Crippen molar-refractivity contribution in [1.82, 2.24) is 14.5 Å². The fourth-order valence-corrected chi connectivity index (χ4v) is 6.88. The van der Waals surface area contributed by atoms with E-state index in [9.17, 15) is 14.8 Å². The highest BCUT2D eigenvalue weighted by Gasteiger charge is 2.71. The maximum atomic E-state index is 12.6. The van der Waals surface area contributed by atoms with Crippen LogP contribution in [0.2, 0.25) is 0 Å². The summed E-state index contributed by atoms with van der Waals surface area (Å²) < 4.78 is 6.20. The van der Waals surface area contributed by atoms with Gasteiger partial charge in [0.1, 0.15) is 10.5 Å². The Balaban J connectivity index is 1.64. The zero-order valence-electron chi connectivity index (χ0n) is 16.6. The van der Waals surface area contributed by atoms with Crippen molar-refractivity contribution >= 4 is 33.3 Å². The molecule has 1 aromatic carbocycles. The molecule has 0 saturated heterocycles. The Morgan fingerprint density at radius 1 is 1.37 bits per heavy atom. The second kappa shape index (κ2) is 7.99. The van der Waals surface area contributed by atoms with Crippen LogP contribution in [0.5, 0.6) is 0 Å². The van der Waals surface area contributed by atoms with Crippen molar-refractivity contribution in [3.63, 3.8) is 0 Å². The minimum atomic E-state index is -1.02. The topological polar surface area (TPSA) is 96.6 Å². The van der Waals surface area contributed by atoms with Gasteiger partial charge in [0, 0.05) is 22.4 Å². The number of carbonyl (C=O) groups is 1. The smallest absolute Gasteiger partial charge is 0.307 e. The van der Waals surface area contributed by atoms with Crippen LogP contribution in [0.3, 0.4) is 0 Å². The Labute approximate surface area is 180 Å². The summed E-state index contributed by atoms with van der Waals surface area (Å²) in [5, 5.41) is 19.2. The molecule has 3 atom stereocenters. The van der Waals surface area contributed by atoms with E-state index in [1.807, 2.05) is 61.7 Å². The lowest BCUT2D eigenvalue weighted by molar-refractivity contribution is -0.120. The molecule has 3 aromatic rings. The van der Waals surface area contributed by atoms with E-state index < -0.39 is 27.5 Å². The van der Waals surface area contributed by atoms with Gasteiger partial charge in [-0.1, -0.05) is 47.9 Å². The molecule has 0 bridgehead atoms. The Bertz CT molecular complexity index is 1120. The average molecular weight is 443 g/mol. The first-order valence-electron chi connectivity index (χ1n) is 9.46. The van der Waals surface area contributed by atoms with Crippen molar-refractivity contribution in [3.8, 4) is 5.00 Å². The van der Waals surface area contributed by atoms with Gasteiger partial charge in [0.05, 0.1) is 17.0 Å². The Kier molecular flexibility index (Phi) is 5.54. The SMILES string of the molecule is C/C=S(/N[C@@]1(C(=O)N=O)C[C@]1(C)c1ccccc1)c1ccc(-n2cc(CO)cn2)s1. The fourth-order valence-electron chi connectivity index (χ4n) is 3.75. The number of benzene rings is 1. The van der Waals surface area contributed by atoms with Gasteiger partial charge in [-0.3, -0.25) is 4.79 Å². The van der Waals surface area contributed by atoms with Crippen molar-refractivity contribution in [2.24, 2.45) is 5.18 Å². The molecule has 0 spiro atoms. The summed E-state index contributed by atoms with van der Waals surface area (Å²) in [6, 6.07) is 13.7. The molecule has 2 heterocycles. The predicted octanol–water partition coefficient (Wildman–Crippen LogP) is 3.77. The van der Waals surface area contributed by atoms with Gasteiger partial charge >= 0.3 is 5.91 Å². The fraction of sp³-hybridized carbons (Fsp3) is 0.286. The zero-order valence-corrected chi connectivity index (χ0v) is 18.2. The van der Waals surface area contributed by atoms with Crippen LogP contribution < -0.4 is 4.72 Å². The summed E-state index contributed by atoms with van der Waals surface area (Å²) in [4.78, 5) is 23.9. The van der Waals surface area contributed by atoms with Crippen molar-refractivity contribution in [2.75, 3.05) is 0 Å². The summed E-state index contributed by atoms with van der Waals surface area (Å²) >= 11 is 1.54. The highest BCUT2D eigenvalue weighted by atomic mass is 32.2. The van der Waals surface area contributed by atoms with Crippen LogP contribution in [-0.4, -0.2) is 31.7 Å². The Hall–Kier alpha value is -2.46. The van der Waals surface area contributed by atoms with E-state index in [-0.39, 0.29) is 6.61 Å². The number of nitroso groups, excluding NO2 is 1. The molecule has 1 saturated carbocycles. The van der Waals surface area contributed by atoms with Crippen molar-refractivity contribution in [2.45, 2.75) is 42.0 Å². The van der Waals surface area contributed by atoms with Crippen LogP contribution in [0, 0.1) is 4.91 Å². The van der Waals surface area contributed by atoms with E-state index in [1.165, 1.54) is 0 Å². The van der Waals surface area contributed by atoms with Crippen LogP contribution in [0.1, 0.15) is 31.4 Å². The van der Waals surface area contributed by atoms with E-state index >= 15 is 0 Å². The molecule has 1 fully saturated rings. The molecule has 9 heteroatoms. The van der Waals surface area contributed by atoms with Gasteiger partial charge in [-0.15, -0.1) is 16.2 Å². The van der Waals surface area contributed by atoms with Crippen molar-refractivity contribution in [3.05, 3.63) is 70.9 Å². The summed E-state index contributed by atoms with van der Waals surface area (Å²) in [7, 11) is -0.559. The van der Waals surface area contributed by atoms with Gasteiger partial charge in [-0.05, 0) is 36.4 Å². The van der Waals surface area contributed by atoms with Gasteiger partial charge in [0.15, 0.2) is 0 Å². The number of hydrogen-bond donors (Lipinski definition) is 2. The van der Waals surface area contributed by atoms with E-state index in [0.717, 1.165) is 20.3 Å². The molecule has 4 rings (SSSR count). The van der Waals surface area contributed by atoms with E-state index in [4.69, 9.17) is 0 Å². The molecular formula is C21H22N4O3S2. The number of aliphatic hydroxyl groups excluding tert-OH is 1. The van der Waals surface area contributed by atoms with Crippen LogP contribution in [0.25, 0.3) is 5.00 Å². The van der Waals surface area contributed by atoms with Gasteiger partial charge < -0.3 is 5.11 Å². The standard InChI is InChI=1S/C21H22N4O3S2/c1-3-30(18-10-9-17(29-18)25-12-15(13-26)11-22-25)24-21(19(27)23-28)14-20(21,2)16-7-5-4-6-8-16/h3-12,24,26H,13-14H2,1-2H3/t20-,21-,30?/m1/s1. The lowest BCUT2D eigenvalue weighted by Crippen LogP contribution is -2.41. The van der Waals surface area contributed by atoms with Crippen LogP contribution in [0.15, 0.2) is 64.2 Å². The predicted molar refractivity (Wildman–Crippen MR) is 120 cm³/mol. The first-order valence-corrected chi connectivity index (χ1v) is 11.6. The molecule has 0 radical (unpaired) electrons. The molecule has 1 aliphatic rings. The number of hydrogen-bond acceptors (Lipinski definition) is 6. The first-order chi connectivity index (χ1) is 14.5. The van der Waals surface area contributed by atoms with Crippen LogP contribution in [-0.2, 0) is 16.8 Å². The second-order valence-corrected chi connectivity index (χ2v) is 10.5. The molecule has 0 aliphatic heterocycles. The van der Waals surface area contributed by atoms with E-state index in [0.29, 0.717) is 6.42 Å². The molecule has 2 aromatic heterocycles. The van der Waals surface area contributed by atoms with Gasteiger partial charge in [-0.25, -0.2) is 9.40 Å². The maximum absolute atomic E-state index is 12.6. The molecule has 1 unspecified atom stereocenters. The Morgan fingerprint density at radius 3 is 2.77 bits per heavy atom. The van der Waals surface area contributed by atoms with E-state index in [1.54, 1.807) is 28.4 Å². The summed E-state index contributed by atoms with van der Waals surface area (Å²) in [6.07, 6.45) is 3.93. The number of carbonyl (C=O) groups excluding carboxylic acids is 1. The summed E-state index contributed by atoms with van der Waals surface area (Å²) in [6.45, 7) is 3.87. The number of aromatic nitrogens is 2. The number of rotatable bonds is 7. The number of nitrogens with one attached hydrogen (secondary N) is 1. The highest BCUT2D eigenvalue weighted by Crippen LogP contribution is 2.60. The molecular weight excluding hydrogens is 420 g/mol. The molecule has 2 N–H and O–H groups in total. The number of thiophene rings is 1. The first kappa shape index (κ1) is 20.8. The number of aliphatic hydroxyl groups is 1. The quantitative estimate of drug-likeness (QED) is 0.429. The molecule has 156 valence electrons. The molecule has 1 aliphatic carbocycles. The zero-order chi connectivity index (χ0) is 21.4. The van der Waals surface area contributed by atoms with Crippen LogP contribution in [0.4, 0.5) is 0 Å². The largest absolute Gasteiger partial charge is 0.392 e. The third-order valence-corrected chi connectivity index (χ3v) is 8.91. The lowest BCUT2D eigenvalue weighted by Gasteiger charge is -2.23. The number of amides is 1. The van der Waals surface area contributed by atoms with Crippen molar-refractivity contribution in [1.29, 1.82) is 0 Å². The third kappa shape index (κ3) is 3.37. The van der Waals surface area contributed by atoms with Gasteiger partial charge in [0.2, 0.25) is 0 Å². The molecule has 30 heavy (non-hydrogen) atoms. The number of nitrogens with zero attached hydrogens (tertiary/aromatic N) is 3. The van der Waals surface area contributed by atoms with E-state index in [2.05, 4.69) is 15.0 Å². The Morgan fingerprint density at radius 2 is 2.13 bits per heavy atom. The normalized spacial score (nSPS) is 24.0. The molecule has 7 nitrogen and oxygen atoms in total. The minimum absolute atomic E-state index is 0.0612. The second-order valence-electron chi connectivity index (χ2n) is 7.40. The monoisotopic (exact) mass is 442 g/mol. The van der Waals surface area contributed by atoms with Gasteiger partial charge in [0.25, 0.3) is 0 Å². The van der Waals surface area contributed by atoms with Crippen LogP contribution >= 0.6 is 22.0 Å². The third-order valence-electron chi connectivity index (χ3n) is 5.64. The van der Waals surface area contributed by atoms with Crippen molar-refractivity contribution < 1.29 is 9.90 Å². The highest BCUT2D eigenvalue weighted by molar-refractivity contribution is 8.14. The summed E-state index contributed by atoms with van der Waals surface area (Å²) in [5.41, 5.74) is 0.230. The molecule has 1 amide bonds. The summed E-state index contributed by atoms with van der Waals surface area (Å²) in [5.74, 6) is -0.662. The average Bonchev–Trinajstić information content (AvgIpc) is 3.18. The lowest BCUT2D eigenvalue weighted by atomic mass is 9.92. The minimum Gasteiger partial charge on any atom is -0.392 e.